The third-order valence-electron chi connectivity index (χ3n) is 3.05. The molecule has 0 spiro atoms. The van der Waals surface area contributed by atoms with E-state index in [0.717, 1.165) is 20.0 Å². The first kappa shape index (κ1) is 14.4. The number of fused-ring (bicyclic) bond motifs is 1. The van der Waals surface area contributed by atoms with Crippen molar-refractivity contribution in [2.75, 3.05) is 19.5 Å². The topological polar surface area (TPSA) is 139 Å². The van der Waals surface area contributed by atoms with Crippen LogP contribution in [-0.4, -0.2) is 49.6 Å². The number of H-pyrrole nitrogens is 1. The van der Waals surface area contributed by atoms with E-state index in [9.17, 15) is 4.79 Å². The van der Waals surface area contributed by atoms with Crippen molar-refractivity contribution in [1.82, 2.24) is 19.5 Å². The molecule has 0 saturated carbocycles. The SMILES string of the molecule is CO.Nc1nc2c(ncn2C2CCC(CO)O2)c(=O)[nH]1. The minimum atomic E-state index is -0.368. The Morgan fingerprint density at radius 1 is 1.55 bits per heavy atom. The van der Waals surface area contributed by atoms with Crippen LogP contribution in [0.5, 0.6) is 0 Å². The zero-order chi connectivity index (χ0) is 14.7. The van der Waals surface area contributed by atoms with Gasteiger partial charge in [0.15, 0.2) is 11.2 Å². The van der Waals surface area contributed by atoms with Crippen LogP contribution in [0, 0.1) is 0 Å². The Labute approximate surface area is 114 Å². The summed E-state index contributed by atoms with van der Waals surface area (Å²) < 4.78 is 7.30. The van der Waals surface area contributed by atoms with E-state index in [-0.39, 0.29) is 36.0 Å². The van der Waals surface area contributed by atoms with Gasteiger partial charge in [-0.2, -0.15) is 4.98 Å². The molecule has 1 fully saturated rings. The van der Waals surface area contributed by atoms with Gasteiger partial charge in [0.1, 0.15) is 6.23 Å². The van der Waals surface area contributed by atoms with Gasteiger partial charge in [0.05, 0.1) is 19.0 Å². The molecule has 20 heavy (non-hydrogen) atoms. The summed E-state index contributed by atoms with van der Waals surface area (Å²) in [5.74, 6) is 0.0472. The Morgan fingerprint density at radius 2 is 2.30 bits per heavy atom. The highest BCUT2D eigenvalue weighted by molar-refractivity contribution is 5.70. The molecule has 110 valence electrons. The number of nitrogens with two attached hydrogens (primary N) is 1. The van der Waals surface area contributed by atoms with Crippen LogP contribution in [0.4, 0.5) is 5.95 Å². The summed E-state index contributed by atoms with van der Waals surface area (Å²) in [6.45, 7) is -0.0146. The first-order chi connectivity index (χ1) is 9.69. The van der Waals surface area contributed by atoms with Crippen LogP contribution in [0.2, 0.25) is 0 Å². The van der Waals surface area contributed by atoms with Crippen LogP contribution < -0.4 is 11.3 Å². The molecular weight excluding hydrogens is 266 g/mol. The van der Waals surface area contributed by atoms with Gasteiger partial charge in [-0.25, -0.2) is 4.98 Å². The molecule has 2 aromatic rings. The van der Waals surface area contributed by atoms with Gasteiger partial charge in [-0.3, -0.25) is 14.3 Å². The van der Waals surface area contributed by atoms with Crippen molar-refractivity contribution in [3.63, 3.8) is 0 Å². The molecule has 0 amide bonds. The summed E-state index contributed by atoms with van der Waals surface area (Å²) in [4.78, 5) is 22.1. The average Bonchev–Trinajstić information content (AvgIpc) is 3.06. The number of nitrogens with one attached hydrogen (secondary N) is 1. The predicted octanol–water partition coefficient (Wildman–Crippen LogP) is -1.02. The van der Waals surface area contributed by atoms with Gasteiger partial charge in [-0.05, 0) is 12.8 Å². The second kappa shape index (κ2) is 5.99. The van der Waals surface area contributed by atoms with Crippen LogP contribution in [0.3, 0.4) is 0 Å². The predicted molar refractivity (Wildman–Crippen MR) is 70.9 cm³/mol. The van der Waals surface area contributed by atoms with E-state index < -0.39 is 0 Å². The van der Waals surface area contributed by atoms with E-state index in [2.05, 4.69) is 15.0 Å². The summed E-state index contributed by atoms with van der Waals surface area (Å²) in [5, 5.41) is 16.0. The minimum Gasteiger partial charge on any atom is -0.400 e. The van der Waals surface area contributed by atoms with E-state index in [1.54, 1.807) is 4.57 Å². The quantitative estimate of drug-likeness (QED) is 0.553. The first-order valence-corrected chi connectivity index (χ1v) is 6.12. The fourth-order valence-corrected chi connectivity index (χ4v) is 2.18. The second-order valence-electron chi connectivity index (χ2n) is 4.25. The average molecular weight is 283 g/mol. The molecule has 1 aliphatic heterocycles. The fraction of sp³-hybridized carbons (Fsp3) is 0.545. The second-order valence-corrected chi connectivity index (χ2v) is 4.25. The molecule has 0 aliphatic carbocycles. The zero-order valence-electron chi connectivity index (χ0n) is 11.0. The molecule has 3 heterocycles. The number of hydrogen-bond donors (Lipinski definition) is 4. The van der Waals surface area contributed by atoms with Gasteiger partial charge in [0, 0.05) is 7.11 Å². The lowest BCUT2D eigenvalue weighted by Gasteiger charge is -2.13. The van der Waals surface area contributed by atoms with Gasteiger partial charge >= 0.3 is 0 Å². The highest BCUT2D eigenvalue weighted by atomic mass is 16.5. The number of ether oxygens (including phenoxy) is 1. The smallest absolute Gasteiger partial charge is 0.280 e. The minimum absolute atomic E-state index is 0.0146. The lowest BCUT2D eigenvalue weighted by atomic mass is 10.2. The number of aliphatic hydroxyl groups is 2. The Morgan fingerprint density at radius 3 is 2.95 bits per heavy atom. The molecule has 1 saturated heterocycles. The number of rotatable bonds is 2. The molecule has 0 aromatic carbocycles. The fourth-order valence-electron chi connectivity index (χ4n) is 2.18. The lowest BCUT2D eigenvalue weighted by Crippen LogP contribution is -2.16. The highest BCUT2D eigenvalue weighted by Gasteiger charge is 2.27. The number of nitrogen functional groups attached to an aromatic ring is 1. The Hall–Kier alpha value is -1.97. The largest absolute Gasteiger partial charge is 0.400 e. The maximum absolute atomic E-state index is 11.6. The lowest BCUT2D eigenvalue weighted by molar-refractivity contribution is -0.0207. The van der Waals surface area contributed by atoms with Crippen LogP contribution >= 0.6 is 0 Å². The van der Waals surface area contributed by atoms with E-state index in [1.807, 2.05) is 0 Å². The third-order valence-corrected chi connectivity index (χ3v) is 3.05. The molecule has 5 N–H and O–H groups in total. The number of anilines is 1. The van der Waals surface area contributed by atoms with Crippen molar-refractivity contribution in [1.29, 1.82) is 0 Å². The molecule has 2 aromatic heterocycles. The van der Waals surface area contributed by atoms with Crippen molar-refractivity contribution in [3.05, 3.63) is 16.7 Å². The number of imidazole rings is 1. The van der Waals surface area contributed by atoms with Crippen molar-refractivity contribution in [2.24, 2.45) is 0 Å². The molecule has 2 unspecified atom stereocenters. The molecule has 2 atom stereocenters. The van der Waals surface area contributed by atoms with E-state index in [0.29, 0.717) is 5.65 Å². The molecule has 1 aliphatic rings. The Balaban J connectivity index is 0.000000704. The Bertz CT molecular complexity index is 637. The Kier molecular flexibility index (Phi) is 4.32. The molecule has 9 nitrogen and oxygen atoms in total. The first-order valence-electron chi connectivity index (χ1n) is 6.12. The van der Waals surface area contributed by atoms with E-state index in [1.165, 1.54) is 6.33 Å². The van der Waals surface area contributed by atoms with Crippen molar-refractivity contribution in [2.45, 2.75) is 25.2 Å². The number of aromatic nitrogens is 4. The van der Waals surface area contributed by atoms with Crippen LogP contribution in [0.25, 0.3) is 11.2 Å². The molecule has 3 rings (SSSR count). The van der Waals surface area contributed by atoms with Gasteiger partial charge < -0.3 is 20.7 Å². The van der Waals surface area contributed by atoms with Gasteiger partial charge in [0.2, 0.25) is 5.95 Å². The van der Waals surface area contributed by atoms with Crippen molar-refractivity contribution < 1.29 is 14.9 Å². The monoisotopic (exact) mass is 283 g/mol. The molecule has 0 bridgehead atoms. The standard InChI is InChI=1S/C10H13N5O3.CH4O/c11-10-13-8-7(9(17)14-10)12-4-15(8)6-2-1-5(3-16)18-6;1-2/h4-6,16H,1-3H2,(H3,11,13,14,17);2H,1H3. The summed E-state index contributed by atoms with van der Waals surface area (Å²) in [6, 6.07) is 0. The summed E-state index contributed by atoms with van der Waals surface area (Å²) in [6.07, 6.45) is 2.58. The molecular formula is C11H17N5O4. The molecule has 0 radical (unpaired) electrons. The third kappa shape index (κ3) is 2.50. The normalized spacial score (nSPS) is 21.8. The van der Waals surface area contributed by atoms with E-state index in [4.69, 9.17) is 20.7 Å². The van der Waals surface area contributed by atoms with Crippen LogP contribution in [0.15, 0.2) is 11.1 Å². The maximum atomic E-state index is 11.6. The van der Waals surface area contributed by atoms with E-state index >= 15 is 0 Å². The van der Waals surface area contributed by atoms with Crippen LogP contribution in [0.1, 0.15) is 19.1 Å². The van der Waals surface area contributed by atoms with Gasteiger partial charge in [-0.1, -0.05) is 0 Å². The molecule has 9 heteroatoms. The van der Waals surface area contributed by atoms with Crippen molar-refractivity contribution >= 4 is 17.1 Å². The summed E-state index contributed by atoms with van der Waals surface area (Å²) >= 11 is 0. The number of aromatic amines is 1. The van der Waals surface area contributed by atoms with Gasteiger partial charge in [0.25, 0.3) is 5.56 Å². The number of nitrogens with zero attached hydrogens (tertiary/aromatic N) is 3. The van der Waals surface area contributed by atoms with Gasteiger partial charge in [-0.15, -0.1) is 0 Å². The van der Waals surface area contributed by atoms with Crippen molar-refractivity contribution in [3.8, 4) is 0 Å². The number of hydrogen-bond acceptors (Lipinski definition) is 7. The summed E-state index contributed by atoms with van der Waals surface area (Å²) in [5.41, 5.74) is 5.79. The summed E-state index contributed by atoms with van der Waals surface area (Å²) in [7, 11) is 1.00. The number of aliphatic hydroxyl groups excluding tert-OH is 2. The van der Waals surface area contributed by atoms with Crippen LogP contribution in [-0.2, 0) is 4.74 Å². The highest BCUT2D eigenvalue weighted by Crippen LogP contribution is 2.29. The maximum Gasteiger partial charge on any atom is 0.280 e. The zero-order valence-corrected chi connectivity index (χ0v) is 11.0.